The molecule has 0 radical (unpaired) electrons. The van der Waals surface area contributed by atoms with E-state index in [4.69, 9.17) is 10.5 Å². The molecule has 2 aromatic rings. The van der Waals surface area contributed by atoms with E-state index in [-0.39, 0.29) is 5.91 Å². The maximum atomic E-state index is 10.9. The summed E-state index contributed by atoms with van der Waals surface area (Å²) in [5.41, 5.74) is 7.45. The van der Waals surface area contributed by atoms with E-state index in [1.807, 2.05) is 36.4 Å². The fourth-order valence-corrected chi connectivity index (χ4v) is 2.52. The van der Waals surface area contributed by atoms with Crippen LogP contribution in [0, 0.1) is 0 Å². The maximum absolute atomic E-state index is 10.9. The molecule has 0 fully saturated rings. The Hall–Kier alpha value is -2.14. The first-order chi connectivity index (χ1) is 9.58. The lowest BCUT2D eigenvalue weighted by Crippen LogP contribution is -2.05. The van der Waals surface area contributed by atoms with Gasteiger partial charge in [0.1, 0.15) is 5.75 Å². The monoisotopic (exact) mass is 288 g/mol. The number of nitrogen functional groups attached to an aromatic ring is 1. The van der Waals surface area contributed by atoms with Crippen LogP contribution in [0.5, 0.6) is 5.75 Å². The van der Waals surface area contributed by atoms with Crippen molar-refractivity contribution < 1.29 is 9.53 Å². The predicted octanol–water partition coefficient (Wildman–Crippen LogP) is 3.39. The van der Waals surface area contributed by atoms with E-state index in [1.54, 1.807) is 24.9 Å². The second-order valence-corrected chi connectivity index (χ2v) is 5.33. The highest BCUT2D eigenvalue weighted by atomic mass is 32.2. The molecular formula is C15H16N2O2S. The smallest absolute Gasteiger partial charge is 0.221 e. The minimum absolute atomic E-state index is 0.0789. The molecule has 0 saturated carbocycles. The number of methoxy groups -OCH3 is 1. The molecule has 0 aromatic heterocycles. The Bertz CT molecular complexity index is 612. The number of carbonyl (C=O) groups excluding carboxylic acids is 1. The SMILES string of the molecule is COc1ccc(Sc2ccc(NC(C)=O)cc2)c(N)c1. The lowest BCUT2D eigenvalue weighted by Gasteiger charge is -2.08. The Morgan fingerprint density at radius 3 is 2.45 bits per heavy atom. The van der Waals surface area contributed by atoms with Crippen LogP contribution >= 0.6 is 11.8 Å². The average molecular weight is 288 g/mol. The summed E-state index contributed by atoms with van der Waals surface area (Å²) in [6.45, 7) is 1.49. The van der Waals surface area contributed by atoms with Gasteiger partial charge in [0.05, 0.1) is 7.11 Å². The first kappa shape index (κ1) is 14.3. The third-order valence-electron chi connectivity index (χ3n) is 2.62. The molecule has 5 heteroatoms. The van der Waals surface area contributed by atoms with Gasteiger partial charge in [-0.1, -0.05) is 11.8 Å². The van der Waals surface area contributed by atoms with Crippen molar-refractivity contribution in [3.8, 4) is 5.75 Å². The zero-order chi connectivity index (χ0) is 14.5. The third kappa shape index (κ3) is 3.68. The van der Waals surface area contributed by atoms with Crippen molar-refractivity contribution in [2.75, 3.05) is 18.2 Å². The van der Waals surface area contributed by atoms with Crippen LogP contribution in [0.15, 0.2) is 52.3 Å². The zero-order valence-corrected chi connectivity index (χ0v) is 12.2. The fourth-order valence-electron chi connectivity index (χ4n) is 1.68. The number of anilines is 2. The highest BCUT2D eigenvalue weighted by Gasteiger charge is 2.04. The number of ether oxygens (including phenoxy) is 1. The van der Waals surface area contributed by atoms with Gasteiger partial charge in [0.25, 0.3) is 0 Å². The van der Waals surface area contributed by atoms with E-state index in [0.29, 0.717) is 5.69 Å². The molecule has 0 saturated heterocycles. The van der Waals surface area contributed by atoms with E-state index in [9.17, 15) is 4.79 Å². The van der Waals surface area contributed by atoms with Crippen LogP contribution in [0.1, 0.15) is 6.92 Å². The molecule has 2 rings (SSSR count). The molecule has 0 aliphatic heterocycles. The number of amides is 1. The Labute approximate surface area is 122 Å². The molecule has 20 heavy (non-hydrogen) atoms. The van der Waals surface area contributed by atoms with Crippen LogP contribution in [0.3, 0.4) is 0 Å². The van der Waals surface area contributed by atoms with E-state index in [2.05, 4.69) is 5.32 Å². The van der Waals surface area contributed by atoms with Crippen LogP contribution in [0.25, 0.3) is 0 Å². The summed E-state index contributed by atoms with van der Waals surface area (Å²) in [5.74, 6) is 0.664. The Balaban J connectivity index is 2.12. The molecule has 0 heterocycles. The zero-order valence-electron chi connectivity index (χ0n) is 11.3. The van der Waals surface area contributed by atoms with Crippen molar-refractivity contribution >= 4 is 29.0 Å². The summed E-state index contributed by atoms with van der Waals surface area (Å²) in [6, 6.07) is 13.2. The van der Waals surface area contributed by atoms with Gasteiger partial charge in [0.2, 0.25) is 5.91 Å². The van der Waals surface area contributed by atoms with Crippen molar-refractivity contribution in [3.05, 3.63) is 42.5 Å². The van der Waals surface area contributed by atoms with Crippen molar-refractivity contribution in [2.45, 2.75) is 16.7 Å². The molecule has 4 nitrogen and oxygen atoms in total. The standard InChI is InChI=1S/C15H16N2O2S/c1-10(18)17-11-3-6-13(7-4-11)20-15-8-5-12(19-2)9-14(15)16/h3-9H,16H2,1-2H3,(H,17,18). The van der Waals surface area contributed by atoms with Crippen molar-refractivity contribution in [3.63, 3.8) is 0 Å². The van der Waals surface area contributed by atoms with Crippen LogP contribution < -0.4 is 15.8 Å². The van der Waals surface area contributed by atoms with Gasteiger partial charge in [0, 0.05) is 34.2 Å². The van der Waals surface area contributed by atoms with E-state index < -0.39 is 0 Å². The van der Waals surface area contributed by atoms with E-state index in [1.165, 1.54) is 6.92 Å². The number of nitrogens with one attached hydrogen (secondary N) is 1. The van der Waals surface area contributed by atoms with E-state index >= 15 is 0 Å². The topological polar surface area (TPSA) is 64.3 Å². The first-order valence-electron chi connectivity index (χ1n) is 6.07. The first-order valence-corrected chi connectivity index (χ1v) is 6.89. The lowest BCUT2D eigenvalue weighted by atomic mass is 10.3. The molecule has 2 aromatic carbocycles. The molecule has 0 aliphatic rings. The Morgan fingerprint density at radius 1 is 1.20 bits per heavy atom. The molecule has 0 aliphatic carbocycles. The largest absolute Gasteiger partial charge is 0.497 e. The molecule has 0 spiro atoms. The number of hydrogen-bond donors (Lipinski definition) is 2. The summed E-state index contributed by atoms with van der Waals surface area (Å²) >= 11 is 1.57. The van der Waals surface area contributed by atoms with Gasteiger partial charge in [-0.15, -0.1) is 0 Å². The molecule has 3 N–H and O–H groups in total. The molecule has 0 bridgehead atoms. The number of rotatable bonds is 4. The van der Waals surface area contributed by atoms with Gasteiger partial charge >= 0.3 is 0 Å². The van der Waals surface area contributed by atoms with Gasteiger partial charge in [-0.25, -0.2) is 0 Å². The highest BCUT2D eigenvalue weighted by Crippen LogP contribution is 2.34. The second kappa shape index (κ2) is 6.34. The molecule has 0 unspecified atom stereocenters. The van der Waals surface area contributed by atoms with Gasteiger partial charge < -0.3 is 15.8 Å². The molecule has 1 amide bonds. The van der Waals surface area contributed by atoms with Crippen LogP contribution in [0.4, 0.5) is 11.4 Å². The van der Waals surface area contributed by atoms with Crippen molar-refractivity contribution in [1.29, 1.82) is 0 Å². The van der Waals surface area contributed by atoms with Crippen LogP contribution in [-0.4, -0.2) is 13.0 Å². The number of benzene rings is 2. The number of carbonyl (C=O) groups is 1. The quantitative estimate of drug-likeness (QED) is 0.846. The van der Waals surface area contributed by atoms with Gasteiger partial charge in [0.15, 0.2) is 0 Å². The Kier molecular flexibility index (Phi) is 4.53. The van der Waals surface area contributed by atoms with Gasteiger partial charge in [-0.2, -0.15) is 0 Å². The normalized spacial score (nSPS) is 10.1. The molecule has 0 atom stereocenters. The van der Waals surface area contributed by atoms with Gasteiger partial charge in [-0.3, -0.25) is 4.79 Å². The van der Waals surface area contributed by atoms with Crippen LogP contribution in [-0.2, 0) is 4.79 Å². The minimum atomic E-state index is -0.0789. The van der Waals surface area contributed by atoms with Gasteiger partial charge in [-0.05, 0) is 36.4 Å². The highest BCUT2D eigenvalue weighted by molar-refractivity contribution is 7.99. The average Bonchev–Trinajstić information content (AvgIpc) is 2.42. The second-order valence-electron chi connectivity index (χ2n) is 4.21. The Morgan fingerprint density at radius 2 is 1.90 bits per heavy atom. The summed E-state index contributed by atoms with van der Waals surface area (Å²) in [7, 11) is 1.61. The fraction of sp³-hybridized carbons (Fsp3) is 0.133. The van der Waals surface area contributed by atoms with E-state index in [0.717, 1.165) is 21.2 Å². The van der Waals surface area contributed by atoms with Crippen molar-refractivity contribution in [1.82, 2.24) is 0 Å². The summed E-state index contributed by atoms with van der Waals surface area (Å²) in [5, 5.41) is 2.73. The van der Waals surface area contributed by atoms with Crippen LogP contribution in [0.2, 0.25) is 0 Å². The predicted molar refractivity (Wildman–Crippen MR) is 82.3 cm³/mol. The summed E-state index contributed by atoms with van der Waals surface area (Å²) < 4.78 is 5.12. The number of hydrogen-bond acceptors (Lipinski definition) is 4. The lowest BCUT2D eigenvalue weighted by molar-refractivity contribution is -0.114. The molecular weight excluding hydrogens is 272 g/mol. The molecule has 104 valence electrons. The van der Waals surface area contributed by atoms with Crippen molar-refractivity contribution in [2.24, 2.45) is 0 Å². The third-order valence-corrected chi connectivity index (χ3v) is 3.72. The summed E-state index contributed by atoms with van der Waals surface area (Å²) in [4.78, 5) is 13.0. The number of nitrogens with two attached hydrogens (primary N) is 1. The summed E-state index contributed by atoms with van der Waals surface area (Å²) in [6.07, 6.45) is 0. The maximum Gasteiger partial charge on any atom is 0.221 e. The minimum Gasteiger partial charge on any atom is -0.497 e.